The number of benzene rings is 1. The van der Waals surface area contributed by atoms with E-state index in [0.29, 0.717) is 111 Å². The number of esters is 1. The first-order valence-corrected chi connectivity index (χ1v) is 15.8. The van der Waals surface area contributed by atoms with Crippen LogP contribution in [0.15, 0.2) is 30.3 Å². The highest BCUT2D eigenvalue weighted by atomic mass is 16.6. The van der Waals surface area contributed by atoms with Crippen LogP contribution >= 0.6 is 0 Å². The van der Waals surface area contributed by atoms with Gasteiger partial charge in [-0.1, -0.05) is 44.2 Å². The summed E-state index contributed by atoms with van der Waals surface area (Å²) in [4.78, 5) is 12.4. The number of hydrogen-bond acceptors (Lipinski definition) is 11. The van der Waals surface area contributed by atoms with Crippen LogP contribution in [0.4, 0.5) is 0 Å². The fraction of sp³-hybridized carbons (Fsp3) is 0.758. The first kappa shape index (κ1) is 39.9. The van der Waals surface area contributed by atoms with Crippen LogP contribution in [0.5, 0.6) is 0 Å². The first-order valence-electron chi connectivity index (χ1n) is 15.8. The lowest BCUT2D eigenvalue weighted by atomic mass is 9.84. The maximum Gasteiger partial charge on any atom is 0.308 e. The Kier molecular flexibility index (Phi) is 26.8. The molecule has 0 spiro atoms. The molecule has 44 heavy (non-hydrogen) atoms. The first-order chi connectivity index (χ1) is 21.6. The largest absolute Gasteiger partial charge is 0.463 e. The second-order valence-electron chi connectivity index (χ2n) is 10.2. The lowest BCUT2D eigenvalue weighted by Gasteiger charge is -2.20. The quantitative estimate of drug-likeness (QED) is 0.0877. The van der Waals surface area contributed by atoms with E-state index in [1.807, 2.05) is 25.1 Å². The maximum atomic E-state index is 12.4. The van der Waals surface area contributed by atoms with Gasteiger partial charge in [0.05, 0.1) is 111 Å². The molecule has 0 aliphatic heterocycles. The third-order valence-electron chi connectivity index (χ3n) is 6.69. The van der Waals surface area contributed by atoms with Gasteiger partial charge >= 0.3 is 5.97 Å². The summed E-state index contributed by atoms with van der Waals surface area (Å²) in [6.45, 7) is 11.4. The third-order valence-corrected chi connectivity index (χ3v) is 6.69. The third kappa shape index (κ3) is 22.4. The van der Waals surface area contributed by atoms with E-state index in [9.17, 15) is 10.1 Å². The van der Waals surface area contributed by atoms with Crippen molar-refractivity contribution in [1.82, 2.24) is 0 Å². The smallest absolute Gasteiger partial charge is 0.308 e. The van der Waals surface area contributed by atoms with Crippen molar-refractivity contribution in [3.63, 3.8) is 0 Å². The fourth-order valence-electron chi connectivity index (χ4n) is 4.24. The van der Waals surface area contributed by atoms with E-state index in [-0.39, 0.29) is 24.4 Å². The molecule has 0 radical (unpaired) electrons. The van der Waals surface area contributed by atoms with E-state index in [4.69, 9.17) is 42.6 Å². The summed E-state index contributed by atoms with van der Waals surface area (Å²) in [5.74, 6) is -0.543. The summed E-state index contributed by atoms with van der Waals surface area (Å²) in [6.07, 6.45) is 2.17. The highest BCUT2D eigenvalue weighted by molar-refractivity contribution is 5.72. The molecule has 1 rings (SSSR count). The van der Waals surface area contributed by atoms with Gasteiger partial charge in [-0.3, -0.25) is 4.79 Å². The molecule has 11 nitrogen and oxygen atoms in total. The van der Waals surface area contributed by atoms with Crippen molar-refractivity contribution >= 4 is 5.97 Å². The van der Waals surface area contributed by atoms with Gasteiger partial charge in [-0.2, -0.15) is 5.26 Å². The van der Waals surface area contributed by atoms with Gasteiger partial charge in [-0.25, -0.2) is 0 Å². The number of nitriles is 1. The molecule has 0 saturated heterocycles. The van der Waals surface area contributed by atoms with Gasteiger partial charge in [0.2, 0.25) is 0 Å². The Morgan fingerprint density at radius 1 is 0.659 bits per heavy atom. The number of rotatable bonds is 31. The molecule has 11 heteroatoms. The van der Waals surface area contributed by atoms with Crippen LogP contribution in [0.25, 0.3) is 0 Å². The number of nitrogens with zero attached hydrogens (tertiary/aromatic N) is 1. The molecule has 3 atom stereocenters. The van der Waals surface area contributed by atoms with E-state index < -0.39 is 0 Å². The predicted octanol–water partition coefficient (Wildman–Crippen LogP) is 4.04. The van der Waals surface area contributed by atoms with Crippen LogP contribution in [0.3, 0.4) is 0 Å². The van der Waals surface area contributed by atoms with Gasteiger partial charge < -0.3 is 42.6 Å². The average molecular weight is 626 g/mol. The second kappa shape index (κ2) is 29.6. The van der Waals surface area contributed by atoms with E-state index in [1.54, 1.807) is 7.11 Å². The summed E-state index contributed by atoms with van der Waals surface area (Å²) in [5, 5.41) is 9.66. The van der Waals surface area contributed by atoms with Crippen molar-refractivity contribution in [2.24, 2.45) is 11.8 Å². The molecule has 0 N–H and O–H groups in total. The van der Waals surface area contributed by atoms with Gasteiger partial charge in [0.1, 0.15) is 6.61 Å². The van der Waals surface area contributed by atoms with Crippen molar-refractivity contribution in [3.8, 4) is 6.07 Å². The summed E-state index contributed by atoms with van der Waals surface area (Å²) < 4.78 is 48.2. The zero-order chi connectivity index (χ0) is 31.9. The molecule has 3 unspecified atom stereocenters. The predicted molar refractivity (Wildman–Crippen MR) is 166 cm³/mol. The minimum absolute atomic E-state index is 0.176. The molecule has 0 aliphatic rings. The molecule has 252 valence electrons. The summed E-state index contributed by atoms with van der Waals surface area (Å²) >= 11 is 0. The van der Waals surface area contributed by atoms with Crippen molar-refractivity contribution < 1.29 is 47.4 Å². The minimum Gasteiger partial charge on any atom is -0.463 e. The maximum absolute atomic E-state index is 12.4. The minimum atomic E-state index is -0.345. The average Bonchev–Trinajstić information content (AvgIpc) is 3.05. The molecule has 0 heterocycles. The number of carbonyl (C=O) groups excluding carboxylic acids is 1. The van der Waals surface area contributed by atoms with Gasteiger partial charge in [-0.15, -0.1) is 0 Å². The highest BCUT2D eigenvalue weighted by Gasteiger charge is 2.23. The van der Waals surface area contributed by atoms with Gasteiger partial charge in [-0.05, 0) is 30.7 Å². The molecular weight excluding hydrogens is 570 g/mol. The normalized spacial score (nSPS) is 13.3. The second-order valence-corrected chi connectivity index (χ2v) is 10.2. The standard InChI is InChI=1S/C33H55NO10/c1-4-31(32-8-6-5-7-9-32)27-30(28-34)26-29(2)33(35)44-25-24-43-23-22-42-21-20-41-19-18-40-17-16-39-15-14-38-13-12-37-11-10-36-3/h5-9,29-31H,4,10-27H2,1-3H3. The summed E-state index contributed by atoms with van der Waals surface area (Å²) in [7, 11) is 1.64. The van der Waals surface area contributed by atoms with Crippen LogP contribution in [0.2, 0.25) is 0 Å². The van der Waals surface area contributed by atoms with E-state index in [0.717, 1.165) is 12.8 Å². The zero-order valence-electron chi connectivity index (χ0n) is 27.1. The van der Waals surface area contributed by atoms with Crippen LogP contribution in [0.1, 0.15) is 44.6 Å². The van der Waals surface area contributed by atoms with Gasteiger partial charge in [0.25, 0.3) is 0 Å². The van der Waals surface area contributed by atoms with E-state index in [1.165, 1.54) is 5.56 Å². The van der Waals surface area contributed by atoms with Crippen molar-refractivity contribution in [2.45, 2.75) is 39.0 Å². The van der Waals surface area contributed by atoms with Gasteiger partial charge in [0.15, 0.2) is 0 Å². The van der Waals surface area contributed by atoms with Crippen LogP contribution in [0, 0.1) is 23.2 Å². The Hall–Kier alpha value is -2.14. The molecule has 1 aromatic rings. The van der Waals surface area contributed by atoms with E-state index >= 15 is 0 Å². The monoisotopic (exact) mass is 625 g/mol. The molecule has 0 amide bonds. The van der Waals surface area contributed by atoms with Crippen LogP contribution in [-0.4, -0.2) is 119 Å². The van der Waals surface area contributed by atoms with Gasteiger partial charge in [0, 0.05) is 13.0 Å². The summed E-state index contributed by atoms with van der Waals surface area (Å²) in [6, 6.07) is 12.6. The van der Waals surface area contributed by atoms with Crippen molar-refractivity contribution in [2.75, 3.05) is 113 Å². The Labute approximate surface area is 264 Å². The van der Waals surface area contributed by atoms with E-state index in [2.05, 4.69) is 25.1 Å². The number of methoxy groups -OCH3 is 1. The van der Waals surface area contributed by atoms with Crippen LogP contribution in [-0.2, 0) is 47.4 Å². The van der Waals surface area contributed by atoms with Crippen molar-refractivity contribution in [1.29, 1.82) is 5.26 Å². The lowest BCUT2D eigenvalue weighted by molar-refractivity contribution is -0.150. The zero-order valence-corrected chi connectivity index (χ0v) is 27.1. The molecule has 0 fully saturated rings. The Balaban J connectivity index is 1.88. The highest BCUT2D eigenvalue weighted by Crippen LogP contribution is 2.29. The topological polar surface area (TPSA) is 124 Å². The number of hydrogen-bond donors (Lipinski definition) is 0. The number of carbonyl (C=O) groups is 1. The summed E-state index contributed by atoms with van der Waals surface area (Å²) in [5.41, 5.74) is 1.23. The molecule has 0 aromatic heterocycles. The lowest BCUT2D eigenvalue weighted by Crippen LogP contribution is -2.21. The molecular formula is C33H55NO10. The Morgan fingerprint density at radius 3 is 1.45 bits per heavy atom. The molecule has 0 saturated carbocycles. The SMILES string of the molecule is CCC(CC(C#N)CC(C)C(=O)OCCOCCOCCOCCOCCOCCOCCOCCOC)c1ccccc1. The Morgan fingerprint density at radius 2 is 1.07 bits per heavy atom. The van der Waals surface area contributed by atoms with Crippen molar-refractivity contribution in [3.05, 3.63) is 35.9 Å². The molecule has 0 bridgehead atoms. The number of ether oxygens (including phenoxy) is 9. The molecule has 0 aliphatic carbocycles. The fourth-order valence-corrected chi connectivity index (χ4v) is 4.24. The van der Waals surface area contributed by atoms with Crippen LogP contribution < -0.4 is 0 Å². The molecule has 1 aromatic carbocycles. The Bertz CT molecular complexity index is 823.